The summed E-state index contributed by atoms with van der Waals surface area (Å²) in [6.07, 6.45) is 0. The largest absolute Gasteiger partial charge is 0.451 e. The van der Waals surface area contributed by atoms with E-state index in [1.165, 1.54) is 0 Å². The zero-order valence-corrected chi connectivity index (χ0v) is 22.2. The van der Waals surface area contributed by atoms with Crippen molar-refractivity contribution in [3.8, 4) is 11.3 Å². The summed E-state index contributed by atoms with van der Waals surface area (Å²) >= 11 is 17.9. The molecule has 1 saturated heterocycles. The number of carbonyl (C=O) groups is 2. The van der Waals surface area contributed by atoms with Crippen LogP contribution in [0.4, 0.5) is 11.4 Å². The van der Waals surface area contributed by atoms with Crippen LogP contribution in [0.3, 0.4) is 0 Å². The lowest BCUT2D eigenvalue weighted by molar-refractivity contribution is -0.134. The van der Waals surface area contributed by atoms with Crippen LogP contribution in [-0.4, -0.2) is 48.0 Å². The van der Waals surface area contributed by atoms with Crippen molar-refractivity contribution < 1.29 is 14.0 Å². The fourth-order valence-corrected chi connectivity index (χ4v) is 4.66. The molecule has 0 radical (unpaired) electrons. The zero-order valence-electron chi connectivity index (χ0n) is 19.9. The first kappa shape index (κ1) is 26.0. The molecule has 36 heavy (non-hydrogen) atoms. The molecule has 0 saturated carbocycles. The van der Waals surface area contributed by atoms with Crippen molar-refractivity contribution >= 4 is 63.7 Å². The summed E-state index contributed by atoms with van der Waals surface area (Å²) in [6.45, 7) is 6.57. The molecule has 4 rings (SSSR count). The van der Waals surface area contributed by atoms with Gasteiger partial charge in [0, 0.05) is 48.4 Å². The number of halogens is 2. The predicted molar refractivity (Wildman–Crippen MR) is 148 cm³/mol. The molecule has 0 unspecified atom stereocenters. The number of hydrogen-bond acceptors (Lipinski definition) is 5. The average molecular weight is 545 g/mol. The standard InChI is InChI=1S/C26H26Cl2N4O3S/c1-16(2)25(34)32-12-10-31(11-13-32)21-7-6-19(15-20(21)28)29-26(36)30-24(33)23-9-8-22(35-23)17-4-3-5-18(27)14-17/h3-9,14-16H,10-13H2,1-2H3,(H2,29,30,33,36). The Hall–Kier alpha value is -3.07. The Labute approximate surface area is 225 Å². The van der Waals surface area contributed by atoms with Gasteiger partial charge in [-0.1, -0.05) is 49.2 Å². The summed E-state index contributed by atoms with van der Waals surface area (Å²) in [5, 5.41) is 6.84. The van der Waals surface area contributed by atoms with Gasteiger partial charge in [0.05, 0.1) is 10.7 Å². The molecule has 188 valence electrons. The fraction of sp³-hybridized carbons (Fsp3) is 0.269. The fourth-order valence-electron chi connectivity index (χ4n) is 3.96. The van der Waals surface area contributed by atoms with E-state index in [-0.39, 0.29) is 22.7 Å². The van der Waals surface area contributed by atoms with Gasteiger partial charge in [-0.25, -0.2) is 0 Å². The molecule has 7 nitrogen and oxygen atoms in total. The summed E-state index contributed by atoms with van der Waals surface area (Å²) in [6, 6.07) is 16.0. The van der Waals surface area contributed by atoms with E-state index in [0.29, 0.717) is 47.7 Å². The van der Waals surface area contributed by atoms with Gasteiger partial charge < -0.3 is 19.5 Å². The van der Waals surface area contributed by atoms with Crippen LogP contribution >= 0.6 is 35.4 Å². The van der Waals surface area contributed by atoms with Crippen LogP contribution in [0.2, 0.25) is 10.0 Å². The number of furan rings is 1. The third kappa shape index (κ3) is 6.19. The lowest BCUT2D eigenvalue weighted by Gasteiger charge is -2.37. The second-order valence-electron chi connectivity index (χ2n) is 8.72. The number of anilines is 2. The molecule has 3 aromatic rings. The third-order valence-corrected chi connectivity index (χ3v) is 6.54. The van der Waals surface area contributed by atoms with Crippen molar-refractivity contribution in [2.24, 2.45) is 5.92 Å². The van der Waals surface area contributed by atoms with Crippen LogP contribution < -0.4 is 15.5 Å². The van der Waals surface area contributed by atoms with E-state index in [1.54, 1.807) is 30.3 Å². The number of piperazine rings is 1. The number of benzene rings is 2. The lowest BCUT2D eigenvalue weighted by Crippen LogP contribution is -2.50. The lowest BCUT2D eigenvalue weighted by atomic mass is 10.1. The van der Waals surface area contributed by atoms with E-state index in [4.69, 9.17) is 39.8 Å². The number of nitrogens with zero attached hydrogens (tertiary/aromatic N) is 2. The normalized spacial score (nSPS) is 13.6. The summed E-state index contributed by atoms with van der Waals surface area (Å²) in [5.41, 5.74) is 2.30. The van der Waals surface area contributed by atoms with Crippen molar-refractivity contribution in [3.63, 3.8) is 0 Å². The first-order chi connectivity index (χ1) is 17.2. The van der Waals surface area contributed by atoms with Crippen LogP contribution in [0.5, 0.6) is 0 Å². The maximum atomic E-state index is 12.6. The monoisotopic (exact) mass is 544 g/mol. The van der Waals surface area contributed by atoms with Gasteiger partial charge in [0.15, 0.2) is 10.9 Å². The molecule has 1 fully saturated rings. The molecule has 0 atom stereocenters. The summed E-state index contributed by atoms with van der Waals surface area (Å²) in [7, 11) is 0. The Morgan fingerprint density at radius 3 is 2.42 bits per heavy atom. The number of thiocarbonyl (C=S) groups is 1. The number of amides is 2. The van der Waals surface area contributed by atoms with Crippen LogP contribution in [0.1, 0.15) is 24.4 Å². The molecule has 2 aromatic carbocycles. The maximum Gasteiger partial charge on any atom is 0.293 e. The average Bonchev–Trinajstić information content (AvgIpc) is 3.34. The first-order valence-electron chi connectivity index (χ1n) is 11.5. The minimum absolute atomic E-state index is 0.00683. The topological polar surface area (TPSA) is 77.8 Å². The second-order valence-corrected chi connectivity index (χ2v) is 9.97. The Bertz CT molecular complexity index is 1290. The first-order valence-corrected chi connectivity index (χ1v) is 12.7. The quantitative estimate of drug-likeness (QED) is 0.402. The number of nitrogens with one attached hydrogen (secondary N) is 2. The van der Waals surface area contributed by atoms with Crippen molar-refractivity contribution in [2.75, 3.05) is 36.4 Å². The van der Waals surface area contributed by atoms with Crippen LogP contribution in [0, 0.1) is 5.92 Å². The highest BCUT2D eigenvalue weighted by atomic mass is 35.5. The number of hydrogen-bond donors (Lipinski definition) is 2. The molecule has 2 amide bonds. The third-order valence-electron chi connectivity index (χ3n) is 5.80. The van der Waals surface area contributed by atoms with E-state index in [1.807, 2.05) is 43.0 Å². The van der Waals surface area contributed by atoms with Gasteiger partial charge in [-0.15, -0.1) is 0 Å². The van der Waals surface area contributed by atoms with Gasteiger partial charge in [-0.3, -0.25) is 14.9 Å². The van der Waals surface area contributed by atoms with Gasteiger partial charge in [-0.05, 0) is 54.7 Å². The van der Waals surface area contributed by atoms with Crippen LogP contribution in [0.15, 0.2) is 59.0 Å². The van der Waals surface area contributed by atoms with E-state index in [2.05, 4.69) is 15.5 Å². The van der Waals surface area contributed by atoms with Gasteiger partial charge in [0.25, 0.3) is 5.91 Å². The van der Waals surface area contributed by atoms with E-state index in [9.17, 15) is 9.59 Å². The van der Waals surface area contributed by atoms with Gasteiger partial charge in [-0.2, -0.15) is 0 Å². The Morgan fingerprint density at radius 2 is 1.75 bits per heavy atom. The second kappa shape index (κ2) is 11.3. The molecule has 0 spiro atoms. The molecule has 10 heteroatoms. The van der Waals surface area contributed by atoms with E-state index >= 15 is 0 Å². The molecule has 0 bridgehead atoms. The van der Waals surface area contributed by atoms with Crippen LogP contribution in [0.25, 0.3) is 11.3 Å². The van der Waals surface area contributed by atoms with Crippen molar-refractivity contribution in [1.29, 1.82) is 0 Å². The molecule has 2 N–H and O–H groups in total. The summed E-state index contributed by atoms with van der Waals surface area (Å²) in [4.78, 5) is 28.9. The van der Waals surface area contributed by atoms with E-state index < -0.39 is 5.91 Å². The van der Waals surface area contributed by atoms with E-state index in [0.717, 1.165) is 11.3 Å². The summed E-state index contributed by atoms with van der Waals surface area (Å²) < 4.78 is 5.67. The number of rotatable bonds is 5. The predicted octanol–water partition coefficient (Wildman–Crippen LogP) is 5.68. The summed E-state index contributed by atoms with van der Waals surface area (Å²) in [5.74, 6) is 0.340. The molecule has 1 aliphatic heterocycles. The molecular weight excluding hydrogens is 519 g/mol. The highest BCUT2D eigenvalue weighted by Gasteiger charge is 2.24. The smallest absolute Gasteiger partial charge is 0.293 e. The zero-order chi connectivity index (χ0) is 25.8. The minimum atomic E-state index is -0.475. The molecule has 0 aliphatic carbocycles. The number of carbonyl (C=O) groups excluding carboxylic acids is 2. The van der Waals surface area contributed by atoms with Crippen LogP contribution in [-0.2, 0) is 4.79 Å². The molecule has 1 aromatic heterocycles. The molecule has 1 aliphatic rings. The maximum absolute atomic E-state index is 12.6. The van der Waals surface area contributed by atoms with Gasteiger partial charge >= 0.3 is 0 Å². The van der Waals surface area contributed by atoms with Crippen molar-refractivity contribution in [3.05, 3.63) is 70.4 Å². The molecule has 2 heterocycles. The van der Waals surface area contributed by atoms with Gasteiger partial charge in [0.2, 0.25) is 5.91 Å². The minimum Gasteiger partial charge on any atom is -0.451 e. The highest BCUT2D eigenvalue weighted by Crippen LogP contribution is 2.30. The van der Waals surface area contributed by atoms with Crippen molar-refractivity contribution in [1.82, 2.24) is 10.2 Å². The highest BCUT2D eigenvalue weighted by molar-refractivity contribution is 7.80. The Balaban J connectivity index is 1.33. The van der Waals surface area contributed by atoms with Crippen molar-refractivity contribution in [2.45, 2.75) is 13.8 Å². The molecular formula is C26H26Cl2N4O3S. The SMILES string of the molecule is CC(C)C(=O)N1CCN(c2ccc(NC(=S)NC(=O)c3ccc(-c4cccc(Cl)c4)o3)cc2Cl)CC1. The Morgan fingerprint density at radius 1 is 1.00 bits per heavy atom. The van der Waals surface area contributed by atoms with Gasteiger partial charge in [0.1, 0.15) is 5.76 Å². The Kier molecular flexibility index (Phi) is 8.18.